The zero-order chi connectivity index (χ0) is 23.8. The van der Waals surface area contributed by atoms with Crippen LogP contribution in [0, 0.1) is 5.92 Å². The molecule has 2 amide bonds. The van der Waals surface area contributed by atoms with E-state index in [9.17, 15) is 9.59 Å². The quantitative estimate of drug-likeness (QED) is 0.403. The van der Waals surface area contributed by atoms with E-state index < -0.39 is 0 Å². The van der Waals surface area contributed by atoms with Crippen molar-refractivity contribution in [2.45, 2.75) is 19.8 Å². The van der Waals surface area contributed by atoms with Crippen molar-refractivity contribution < 1.29 is 19.1 Å². The van der Waals surface area contributed by atoms with E-state index >= 15 is 0 Å². The van der Waals surface area contributed by atoms with Gasteiger partial charge in [-0.05, 0) is 77.2 Å². The first-order valence-corrected chi connectivity index (χ1v) is 12.0. The fraction of sp³-hybridized carbons (Fsp3) is 0.375. The van der Waals surface area contributed by atoms with Gasteiger partial charge in [0.05, 0.1) is 22.3 Å². The number of nitrogens with zero attached hydrogens (tertiary/aromatic N) is 1. The maximum absolute atomic E-state index is 13.0. The number of nitrogens with one attached hydrogen (secondary N) is 2. The highest BCUT2D eigenvalue weighted by molar-refractivity contribution is 9.10. The lowest BCUT2D eigenvalue weighted by atomic mass is 9.98. The van der Waals surface area contributed by atoms with Gasteiger partial charge in [-0.25, -0.2) is 0 Å². The van der Waals surface area contributed by atoms with Crippen LogP contribution in [0.15, 0.2) is 46.9 Å². The third-order valence-corrected chi connectivity index (χ3v) is 6.27. The largest absolute Gasteiger partial charge is 0.490 e. The van der Waals surface area contributed by atoms with Crippen LogP contribution in [-0.4, -0.2) is 55.2 Å². The van der Waals surface area contributed by atoms with Crippen LogP contribution in [0.2, 0.25) is 0 Å². The highest BCUT2D eigenvalue weighted by Crippen LogP contribution is 2.26. The lowest BCUT2D eigenvalue weighted by molar-refractivity contribution is 0.0698. The second-order valence-corrected chi connectivity index (χ2v) is 9.18. The molecule has 2 N–H and O–H groups in total. The summed E-state index contributed by atoms with van der Waals surface area (Å²) >= 11 is 8.76. The van der Waals surface area contributed by atoms with Crippen molar-refractivity contribution in [2.24, 2.45) is 5.92 Å². The SMILES string of the molecule is COCCOc1ccc(C(=O)NC(=S)Nc2ccccc2C(=O)N2CCC(C)CC2)cc1Br. The highest BCUT2D eigenvalue weighted by atomic mass is 79.9. The van der Waals surface area contributed by atoms with Gasteiger partial charge in [0.25, 0.3) is 11.8 Å². The minimum absolute atomic E-state index is 0.0351. The summed E-state index contributed by atoms with van der Waals surface area (Å²) in [6, 6.07) is 12.2. The van der Waals surface area contributed by atoms with Gasteiger partial charge >= 0.3 is 0 Å². The number of hydrogen-bond donors (Lipinski definition) is 2. The molecule has 1 aliphatic heterocycles. The second kappa shape index (κ2) is 12.1. The molecule has 9 heteroatoms. The smallest absolute Gasteiger partial charge is 0.257 e. The summed E-state index contributed by atoms with van der Waals surface area (Å²) < 4.78 is 11.2. The summed E-state index contributed by atoms with van der Waals surface area (Å²) in [7, 11) is 1.60. The molecule has 0 spiro atoms. The Balaban J connectivity index is 1.62. The van der Waals surface area contributed by atoms with Crippen LogP contribution >= 0.6 is 28.1 Å². The van der Waals surface area contributed by atoms with Crippen molar-refractivity contribution in [1.82, 2.24) is 10.2 Å². The number of para-hydroxylation sites is 1. The van der Waals surface area contributed by atoms with E-state index in [1.807, 2.05) is 17.0 Å². The van der Waals surface area contributed by atoms with Gasteiger partial charge in [-0.2, -0.15) is 0 Å². The van der Waals surface area contributed by atoms with Crippen LogP contribution < -0.4 is 15.4 Å². The molecule has 0 saturated carbocycles. The number of piperidine rings is 1. The number of benzene rings is 2. The Morgan fingerprint density at radius 1 is 1.15 bits per heavy atom. The van der Waals surface area contributed by atoms with Gasteiger partial charge in [-0.3, -0.25) is 14.9 Å². The molecule has 0 atom stereocenters. The molecule has 176 valence electrons. The summed E-state index contributed by atoms with van der Waals surface area (Å²) in [6.07, 6.45) is 2.00. The molecule has 1 heterocycles. The minimum atomic E-state index is -0.370. The van der Waals surface area contributed by atoms with Gasteiger partial charge in [0, 0.05) is 25.8 Å². The number of halogens is 1. The number of anilines is 1. The fourth-order valence-electron chi connectivity index (χ4n) is 3.48. The Morgan fingerprint density at radius 3 is 2.58 bits per heavy atom. The van der Waals surface area contributed by atoms with Gasteiger partial charge in [0.2, 0.25) is 0 Å². The van der Waals surface area contributed by atoms with Crippen molar-refractivity contribution in [3.8, 4) is 5.75 Å². The summed E-state index contributed by atoms with van der Waals surface area (Å²) in [6.45, 7) is 4.57. The average molecular weight is 534 g/mol. The van der Waals surface area contributed by atoms with E-state index in [4.69, 9.17) is 21.7 Å². The van der Waals surface area contributed by atoms with Crippen LogP contribution in [0.1, 0.15) is 40.5 Å². The number of ether oxygens (including phenoxy) is 2. The molecule has 7 nitrogen and oxygen atoms in total. The summed E-state index contributed by atoms with van der Waals surface area (Å²) in [5, 5.41) is 5.79. The van der Waals surface area contributed by atoms with E-state index in [0.717, 1.165) is 25.9 Å². The Kier molecular flexibility index (Phi) is 9.22. The van der Waals surface area contributed by atoms with Gasteiger partial charge in [-0.15, -0.1) is 0 Å². The first-order chi connectivity index (χ1) is 15.9. The highest BCUT2D eigenvalue weighted by Gasteiger charge is 2.23. The molecule has 1 saturated heterocycles. The van der Waals surface area contributed by atoms with Crippen molar-refractivity contribution >= 4 is 50.8 Å². The maximum Gasteiger partial charge on any atom is 0.257 e. The lowest BCUT2D eigenvalue weighted by Crippen LogP contribution is -2.39. The predicted octanol–water partition coefficient (Wildman–Crippen LogP) is 4.47. The minimum Gasteiger partial charge on any atom is -0.490 e. The molecular weight excluding hydrogens is 506 g/mol. The number of amides is 2. The van der Waals surface area contributed by atoms with Crippen LogP contribution in [0.5, 0.6) is 5.75 Å². The molecule has 0 bridgehead atoms. The number of methoxy groups -OCH3 is 1. The Hall–Kier alpha value is -2.49. The molecule has 0 unspecified atom stereocenters. The summed E-state index contributed by atoms with van der Waals surface area (Å²) in [4.78, 5) is 27.6. The number of likely N-dealkylation sites (tertiary alicyclic amines) is 1. The number of thiocarbonyl (C=S) groups is 1. The standard InChI is InChI=1S/C24H28BrN3O4S/c1-16-9-11-28(12-10-16)23(30)18-5-3-4-6-20(18)26-24(33)27-22(29)17-7-8-21(19(25)15-17)32-14-13-31-2/h3-8,15-16H,9-14H2,1-2H3,(H2,26,27,29,33). The predicted molar refractivity (Wildman–Crippen MR) is 136 cm³/mol. The molecule has 2 aromatic rings. The topological polar surface area (TPSA) is 79.9 Å². The van der Waals surface area contributed by atoms with Gasteiger partial charge in [0.15, 0.2) is 5.11 Å². The van der Waals surface area contributed by atoms with Gasteiger partial charge in [-0.1, -0.05) is 19.1 Å². The molecule has 1 fully saturated rings. The van der Waals surface area contributed by atoms with Crippen LogP contribution in [-0.2, 0) is 4.74 Å². The van der Waals surface area contributed by atoms with Crippen molar-refractivity contribution in [1.29, 1.82) is 0 Å². The van der Waals surface area contributed by atoms with E-state index in [2.05, 4.69) is 33.5 Å². The second-order valence-electron chi connectivity index (χ2n) is 7.92. The molecule has 2 aromatic carbocycles. The zero-order valence-electron chi connectivity index (χ0n) is 18.7. The molecule has 1 aliphatic rings. The molecule has 0 aliphatic carbocycles. The first-order valence-electron chi connectivity index (χ1n) is 10.8. The van der Waals surface area contributed by atoms with Crippen molar-refractivity contribution in [3.63, 3.8) is 0 Å². The number of carbonyl (C=O) groups excluding carboxylic acids is 2. The van der Waals surface area contributed by atoms with Crippen LogP contribution in [0.4, 0.5) is 5.69 Å². The normalized spacial score (nSPS) is 14.0. The Morgan fingerprint density at radius 2 is 1.88 bits per heavy atom. The number of hydrogen-bond acceptors (Lipinski definition) is 5. The Labute approximate surface area is 207 Å². The number of carbonyl (C=O) groups is 2. The average Bonchev–Trinajstić information content (AvgIpc) is 2.80. The fourth-order valence-corrected chi connectivity index (χ4v) is 4.18. The summed E-state index contributed by atoms with van der Waals surface area (Å²) in [5.74, 6) is 0.845. The lowest BCUT2D eigenvalue weighted by Gasteiger charge is -2.30. The molecule has 33 heavy (non-hydrogen) atoms. The van der Waals surface area contributed by atoms with E-state index in [1.54, 1.807) is 37.4 Å². The number of rotatable bonds is 7. The van der Waals surface area contributed by atoms with Crippen molar-refractivity contribution in [3.05, 3.63) is 58.1 Å². The van der Waals surface area contributed by atoms with Crippen LogP contribution in [0.3, 0.4) is 0 Å². The van der Waals surface area contributed by atoms with Gasteiger partial charge < -0.3 is 19.7 Å². The first kappa shape index (κ1) is 25.1. The van der Waals surface area contributed by atoms with Crippen molar-refractivity contribution in [2.75, 3.05) is 38.7 Å². The molecule has 0 radical (unpaired) electrons. The van der Waals surface area contributed by atoms with Crippen LogP contribution in [0.25, 0.3) is 0 Å². The zero-order valence-corrected chi connectivity index (χ0v) is 21.1. The van der Waals surface area contributed by atoms with E-state index in [0.29, 0.717) is 46.2 Å². The monoisotopic (exact) mass is 533 g/mol. The Bertz CT molecular complexity index is 1010. The molecule has 3 rings (SSSR count). The summed E-state index contributed by atoms with van der Waals surface area (Å²) in [5.41, 5.74) is 1.51. The van der Waals surface area contributed by atoms with E-state index in [1.165, 1.54) is 0 Å². The molecular formula is C24H28BrN3O4S. The van der Waals surface area contributed by atoms with E-state index in [-0.39, 0.29) is 16.9 Å². The maximum atomic E-state index is 13.0. The van der Waals surface area contributed by atoms with Gasteiger partial charge in [0.1, 0.15) is 12.4 Å². The molecule has 0 aromatic heterocycles. The third kappa shape index (κ3) is 6.99. The third-order valence-electron chi connectivity index (χ3n) is 5.44.